The highest BCUT2D eigenvalue weighted by molar-refractivity contribution is 5.83. The zero-order valence-corrected chi connectivity index (χ0v) is 8.24. The molecule has 0 aromatic carbocycles. The van der Waals surface area contributed by atoms with E-state index in [1.165, 1.54) is 0 Å². The summed E-state index contributed by atoms with van der Waals surface area (Å²) in [5.74, 6) is 0. The van der Waals surface area contributed by atoms with Crippen molar-refractivity contribution in [3.63, 3.8) is 0 Å². The molecule has 0 rings (SSSR count). The standard InChI is InChI=1S/C10H20N2/c1-3-6-10(12)8-5-7-9(11)4-2/h11-12H,3-8H2,1-2H3. The van der Waals surface area contributed by atoms with Crippen LogP contribution < -0.4 is 0 Å². The second-order valence-electron chi connectivity index (χ2n) is 3.16. The summed E-state index contributed by atoms with van der Waals surface area (Å²) in [4.78, 5) is 0. The zero-order chi connectivity index (χ0) is 9.40. The molecule has 2 N–H and O–H groups in total. The summed E-state index contributed by atoms with van der Waals surface area (Å²) in [6.45, 7) is 4.11. The van der Waals surface area contributed by atoms with Gasteiger partial charge in [-0.05, 0) is 32.1 Å². The molecule has 0 aliphatic rings. The van der Waals surface area contributed by atoms with Gasteiger partial charge in [0, 0.05) is 11.4 Å². The lowest BCUT2D eigenvalue weighted by Gasteiger charge is -2.02. The molecule has 0 atom stereocenters. The molecule has 0 amide bonds. The monoisotopic (exact) mass is 168 g/mol. The maximum atomic E-state index is 7.52. The van der Waals surface area contributed by atoms with Gasteiger partial charge in [-0.1, -0.05) is 20.3 Å². The SMILES string of the molecule is CCCC(=N)CCCC(=N)CC. The highest BCUT2D eigenvalue weighted by Crippen LogP contribution is 2.03. The van der Waals surface area contributed by atoms with Crippen LogP contribution in [0.1, 0.15) is 52.4 Å². The topological polar surface area (TPSA) is 47.7 Å². The van der Waals surface area contributed by atoms with Crippen LogP contribution in [-0.4, -0.2) is 11.4 Å². The van der Waals surface area contributed by atoms with Crippen molar-refractivity contribution >= 4 is 11.4 Å². The van der Waals surface area contributed by atoms with Crippen molar-refractivity contribution in [2.75, 3.05) is 0 Å². The van der Waals surface area contributed by atoms with E-state index in [0.29, 0.717) is 0 Å². The van der Waals surface area contributed by atoms with Gasteiger partial charge in [0.2, 0.25) is 0 Å². The Labute approximate surface area is 75.4 Å². The maximum Gasteiger partial charge on any atom is 0.00891 e. The van der Waals surface area contributed by atoms with E-state index in [0.717, 1.165) is 49.9 Å². The van der Waals surface area contributed by atoms with E-state index in [1.54, 1.807) is 0 Å². The molecule has 0 aliphatic carbocycles. The van der Waals surface area contributed by atoms with Gasteiger partial charge in [0.1, 0.15) is 0 Å². The summed E-state index contributed by atoms with van der Waals surface area (Å²) in [6, 6.07) is 0. The summed E-state index contributed by atoms with van der Waals surface area (Å²) in [5, 5.41) is 14.9. The molecule has 2 heteroatoms. The minimum atomic E-state index is 0.819. The van der Waals surface area contributed by atoms with Gasteiger partial charge in [0.25, 0.3) is 0 Å². The first-order valence-corrected chi connectivity index (χ1v) is 4.83. The van der Waals surface area contributed by atoms with Gasteiger partial charge in [-0.2, -0.15) is 0 Å². The Morgan fingerprint density at radius 1 is 0.917 bits per heavy atom. The Hall–Kier alpha value is -0.660. The second-order valence-corrected chi connectivity index (χ2v) is 3.16. The van der Waals surface area contributed by atoms with E-state index < -0.39 is 0 Å². The summed E-state index contributed by atoms with van der Waals surface area (Å²) in [6.07, 6.45) is 5.62. The van der Waals surface area contributed by atoms with E-state index in [9.17, 15) is 0 Å². The molecular formula is C10H20N2. The number of hydrogen-bond acceptors (Lipinski definition) is 2. The van der Waals surface area contributed by atoms with Crippen molar-refractivity contribution in [2.45, 2.75) is 52.4 Å². The normalized spacial score (nSPS) is 9.83. The first kappa shape index (κ1) is 11.3. The molecule has 2 nitrogen and oxygen atoms in total. The molecule has 0 fully saturated rings. The molecule has 12 heavy (non-hydrogen) atoms. The summed E-state index contributed by atoms with van der Waals surface area (Å²) < 4.78 is 0. The van der Waals surface area contributed by atoms with E-state index in [1.807, 2.05) is 6.92 Å². The maximum absolute atomic E-state index is 7.52. The highest BCUT2D eigenvalue weighted by atomic mass is 14.4. The van der Waals surface area contributed by atoms with Crippen LogP contribution in [0.25, 0.3) is 0 Å². The number of nitrogens with one attached hydrogen (secondary N) is 2. The van der Waals surface area contributed by atoms with E-state index in [4.69, 9.17) is 10.8 Å². The van der Waals surface area contributed by atoms with Gasteiger partial charge >= 0.3 is 0 Å². The van der Waals surface area contributed by atoms with Crippen LogP contribution in [0, 0.1) is 10.8 Å². The van der Waals surface area contributed by atoms with Gasteiger partial charge in [0.05, 0.1) is 0 Å². The van der Waals surface area contributed by atoms with Crippen LogP contribution in [0.5, 0.6) is 0 Å². The van der Waals surface area contributed by atoms with Crippen molar-refractivity contribution in [3.05, 3.63) is 0 Å². The lowest BCUT2D eigenvalue weighted by molar-refractivity contribution is 0.860. The molecular weight excluding hydrogens is 148 g/mol. The molecule has 0 aromatic rings. The minimum absolute atomic E-state index is 0.819. The van der Waals surface area contributed by atoms with Crippen molar-refractivity contribution in [1.82, 2.24) is 0 Å². The fraction of sp³-hybridized carbons (Fsp3) is 0.800. The smallest absolute Gasteiger partial charge is 0.00891 e. The van der Waals surface area contributed by atoms with E-state index in [-0.39, 0.29) is 0 Å². The van der Waals surface area contributed by atoms with Crippen molar-refractivity contribution in [1.29, 1.82) is 10.8 Å². The van der Waals surface area contributed by atoms with Gasteiger partial charge < -0.3 is 10.8 Å². The number of rotatable bonds is 7. The largest absolute Gasteiger partial charge is 0.310 e. The number of hydrogen-bond donors (Lipinski definition) is 2. The Kier molecular flexibility index (Phi) is 6.63. The third-order valence-electron chi connectivity index (χ3n) is 1.94. The predicted octanol–water partition coefficient (Wildman–Crippen LogP) is 3.41. The van der Waals surface area contributed by atoms with Crippen LogP contribution >= 0.6 is 0 Å². The van der Waals surface area contributed by atoms with Gasteiger partial charge in [-0.15, -0.1) is 0 Å². The van der Waals surface area contributed by atoms with Crippen LogP contribution in [0.4, 0.5) is 0 Å². The molecule has 0 aliphatic heterocycles. The van der Waals surface area contributed by atoms with Crippen molar-refractivity contribution in [3.8, 4) is 0 Å². The predicted molar refractivity (Wildman–Crippen MR) is 54.5 cm³/mol. The molecule has 0 spiro atoms. The summed E-state index contributed by atoms with van der Waals surface area (Å²) in [5.41, 5.74) is 1.67. The van der Waals surface area contributed by atoms with Crippen LogP contribution in [0.15, 0.2) is 0 Å². The Morgan fingerprint density at radius 3 is 2.00 bits per heavy atom. The molecule has 0 heterocycles. The first-order valence-electron chi connectivity index (χ1n) is 4.83. The minimum Gasteiger partial charge on any atom is -0.310 e. The molecule has 0 bridgehead atoms. The third kappa shape index (κ3) is 6.08. The average Bonchev–Trinajstić information content (AvgIpc) is 2.04. The van der Waals surface area contributed by atoms with Gasteiger partial charge in [-0.3, -0.25) is 0 Å². The average molecular weight is 168 g/mol. The first-order chi connectivity index (χ1) is 5.70. The molecule has 0 radical (unpaired) electrons. The Bertz CT molecular complexity index is 150. The molecule has 0 saturated carbocycles. The fourth-order valence-electron chi connectivity index (χ4n) is 1.12. The highest BCUT2D eigenvalue weighted by Gasteiger charge is 1.97. The van der Waals surface area contributed by atoms with Gasteiger partial charge in [0.15, 0.2) is 0 Å². The lowest BCUT2D eigenvalue weighted by atomic mass is 10.1. The molecule has 0 aromatic heterocycles. The van der Waals surface area contributed by atoms with E-state index in [2.05, 4.69) is 6.92 Å². The second kappa shape index (κ2) is 7.01. The van der Waals surface area contributed by atoms with Crippen LogP contribution in [0.2, 0.25) is 0 Å². The molecule has 0 unspecified atom stereocenters. The van der Waals surface area contributed by atoms with Crippen LogP contribution in [-0.2, 0) is 0 Å². The Balaban J connectivity index is 3.30. The quantitative estimate of drug-likeness (QED) is 0.547. The molecule has 70 valence electrons. The summed E-state index contributed by atoms with van der Waals surface area (Å²) >= 11 is 0. The third-order valence-corrected chi connectivity index (χ3v) is 1.94. The lowest BCUT2D eigenvalue weighted by Crippen LogP contribution is -1.99. The van der Waals surface area contributed by atoms with Crippen molar-refractivity contribution in [2.24, 2.45) is 0 Å². The fourth-order valence-corrected chi connectivity index (χ4v) is 1.12. The van der Waals surface area contributed by atoms with Gasteiger partial charge in [-0.25, -0.2) is 0 Å². The van der Waals surface area contributed by atoms with E-state index >= 15 is 0 Å². The molecule has 0 saturated heterocycles. The summed E-state index contributed by atoms with van der Waals surface area (Å²) in [7, 11) is 0. The Morgan fingerprint density at radius 2 is 1.50 bits per heavy atom. The van der Waals surface area contributed by atoms with Crippen molar-refractivity contribution < 1.29 is 0 Å². The zero-order valence-electron chi connectivity index (χ0n) is 8.24. The van der Waals surface area contributed by atoms with Crippen LogP contribution in [0.3, 0.4) is 0 Å².